The number of ether oxygens (including phenoxy) is 2. The van der Waals surface area contributed by atoms with E-state index in [0.717, 1.165) is 0 Å². The molecule has 10 heteroatoms. The smallest absolute Gasteiger partial charge is 0.338 e. The van der Waals surface area contributed by atoms with E-state index in [1.54, 1.807) is 36.6 Å². The normalized spacial score (nSPS) is 10.4. The van der Waals surface area contributed by atoms with Gasteiger partial charge in [-0.2, -0.15) is 0 Å². The molecule has 0 fully saturated rings. The van der Waals surface area contributed by atoms with Crippen molar-refractivity contribution in [1.29, 1.82) is 0 Å². The summed E-state index contributed by atoms with van der Waals surface area (Å²) in [6, 6.07) is 11.1. The van der Waals surface area contributed by atoms with Gasteiger partial charge in [-0.05, 0) is 31.2 Å². The summed E-state index contributed by atoms with van der Waals surface area (Å²) in [6.07, 6.45) is 0. The van der Waals surface area contributed by atoms with Crippen molar-refractivity contribution in [3.05, 3.63) is 74.8 Å². The van der Waals surface area contributed by atoms with Gasteiger partial charge in [0.2, 0.25) is 5.91 Å². The average molecular weight is 441 g/mol. The van der Waals surface area contributed by atoms with Crippen LogP contribution in [0.1, 0.15) is 28.5 Å². The SMILES string of the molecule is COc1ccccc1N(C(C)=O)c1nc(COC(=O)c2ccc([N+](=O)[O-])c(C)c2)cs1. The first-order chi connectivity index (χ1) is 14.8. The molecule has 0 spiro atoms. The third kappa shape index (κ3) is 4.86. The topological polar surface area (TPSA) is 112 Å². The maximum absolute atomic E-state index is 12.3. The Bertz CT molecular complexity index is 1140. The van der Waals surface area contributed by atoms with E-state index < -0.39 is 10.9 Å². The first kappa shape index (κ1) is 21.9. The molecule has 3 rings (SSSR count). The van der Waals surface area contributed by atoms with Gasteiger partial charge in [-0.15, -0.1) is 11.3 Å². The van der Waals surface area contributed by atoms with Crippen LogP contribution in [0.15, 0.2) is 47.8 Å². The lowest BCUT2D eigenvalue weighted by atomic mass is 10.1. The number of hydrogen-bond acceptors (Lipinski definition) is 8. The van der Waals surface area contributed by atoms with Crippen molar-refractivity contribution in [3.8, 4) is 5.75 Å². The number of amides is 1. The largest absolute Gasteiger partial charge is 0.495 e. The number of thiazole rings is 1. The van der Waals surface area contributed by atoms with Crippen molar-refractivity contribution in [2.24, 2.45) is 0 Å². The number of rotatable bonds is 7. The van der Waals surface area contributed by atoms with E-state index in [-0.39, 0.29) is 23.8 Å². The van der Waals surface area contributed by atoms with Gasteiger partial charge in [0.15, 0.2) is 5.13 Å². The lowest BCUT2D eigenvalue weighted by Gasteiger charge is -2.20. The first-order valence-corrected chi connectivity index (χ1v) is 10.00. The highest BCUT2D eigenvalue weighted by atomic mass is 32.1. The summed E-state index contributed by atoms with van der Waals surface area (Å²) in [5.74, 6) is -0.348. The molecule has 0 radical (unpaired) electrons. The zero-order valence-electron chi connectivity index (χ0n) is 17.0. The second-order valence-corrected chi connectivity index (χ2v) is 7.32. The van der Waals surface area contributed by atoms with E-state index in [1.165, 1.54) is 48.5 Å². The van der Waals surface area contributed by atoms with Crippen LogP contribution < -0.4 is 9.64 Å². The fourth-order valence-electron chi connectivity index (χ4n) is 2.90. The Morgan fingerprint density at radius 3 is 2.61 bits per heavy atom. The van der Waals surface area contributed by atoms with Crippen LogP contribution >= 0.6 is 11.3 Å². The number of carbonyl (C=O) groups is 2. The zero-order valence-corrected chi connectivity index (χ0v) is 17.8. The molecular weight excluding hydrogens is 422 g/mol. The van der Waals surface area contributed by atoms with Crippen molar-refractivity contribution in [3.63, 3.8) is 0 Å². The molecule has 1 amide bonds. The molecule has 0 aliphatic rings. The molecule has 0 bridgehead atoms. The van der Waals surface area contributed by atoms with Crippen LogP contribution in [0.2, 0.25) is 0 Å². The third-order valence-electron chi connectivity index (χ3n) is 4.35. The summed E-state index contributed by atoms with van der Waals surface area (Å²) in [7, 11) is 1.52. The van der Waals surface area contributed by atoms with Crippen molar-refractivity contribution < 1.29 is 24.0 Å². The van der Waals surface area contributed by atoms with Crippen LogP contribution in [-0.2, 0) is 16.1 Å². The molecule has 0 unspecified atom stereocenters. The molecule has 0 saturated carbocycles. The molecule has 160 valence electrons. The van der Waals surface area contributed by atoms with Crippen molar-refractivity contribution in [2.45, 2.75) is 20.5 Å². The Balaban J connectivity index is 1.74. The number of esters is 1. The molecule has 1 aromatic heterocycles. The first-order valence-electron chi connectivity index (χ1n) is 9.12. The van der Waals surface area contributed by atoms with Gasteiger partial charge in [0.1, 0.15) is 12.4 Å². The number of methoxy groups -OCH3 is 1. The maximum atomic E-state index is 12.3. The Morgan fingerprint density at radius 1 is 1.23 bits per heavy atom. The Morgan fingerprint density at radius 2 is 1.97 bits per heavy atom. The molecule has 0 N–H and O–H groups in total. The molecule has 0 aliphatic heterocycles. The van der Waals surface area contributed by atoms with Crippen LogP contribution in [0, 0.1) is 17.0 Å². The highest BCUT2D eigenvalue weighted by molar-refractivity contribution is 7.14. The fourth-order valence-corrected chi connectivity index (χ4v) is 3.76. The number of aryl methyl sites for hydroxylation is 1. The fraction of sp³-hybridized carbons (Fsp3) is 0.190. The highest BCUT2D eigenvalue weighted by Crippen LogP contribution is 2.35. The lowest BCUT2D eigenvalue weighted by Crippen LogP contribution is -2.23. The Kier molecular flexibility index (Phi) is 6.61. The second-order valence-electron chi connectivity index (χ2n) is 6.48. The number of aromatic nitrogens is 1. The molecule has 2 aromatic carbocycles. The molecule has 31 heavy (non-hydrogen) atoms. The van der Waals surface area contributed by atoms with Gasteiger partial charge in [0, 0.05) is 23.9 Å². The van der Waals surface area contributed by atoms with Crippen LogP contribution in [0.3, 0.4) is 0 Å². The van der Waals surface area contributed by atoms with Crippen LogP contribution in [0.4, 0.5) is 16.5 Å². The van der Waals surface area contributed by atoms with E-state index in [1.807, 2.05) is 0 Å². The van der Waals surface area contributed by atoms with Gasteiger partial charge in [-0.3, -0.25) is 19.8 Å². The summed E-state index contributed by atoms with van der Waals surface area (Å²) in [5, 5.41) is 13.0. The molecule has 1 heterocycles. The minimum atomic E-state index is -0.624. The quantitative estimate of drug-likeness (QED) is 0.303. The summed E-state index contributed by atoms with van der Waals surface area (Å²) < 4.78 is 10.6. The predicted octanol–water partition coefficient (Wildman–Crippen LogP) is 4.41. The summed E-state index contributed by atoms with van der Waals surface area (Å²) in [5.41, 5.74) is 1.52. The van der Waals surface area contributed by atoms with Gasteiger partial charge in [-0.25, -0.2) is 9.78 Å². The zero-order chi connectivity index (χ0) is 22.5. The highest BCUT2D eigenvalue weighted by Gasteiger charge is 2.22. The van der Waals surface area contributed by atoms with E-state index in [0.29, 0.717) is 27.8 Å². The number of nitro groups is 1. The standard InChI is InChI=1S/C21H19N3O6S/c1-13-10-15(8-9-17(13)24(27)28)20(26)30-11-16-12-31-21(22-16)23(14(2)25)18-6-4-5-7-19(18)29-3/h4-10,12H,11H2,1-3H3. The predicted molar refractivity (Wildman–Crippen MR) is 115 cm³/mol. The second kappa shape index (κ2) is 9.35. The Hall–Kier alpha value is -3.79. The minimum absolute atomic E-state index is 0.0682. The van der Waals surface area contributed by atoms with E-state index in [9.17, 15) is 19.7 Å². The van der Waals surface area contributed by atoms with Gasteiger partial charge < -0.3 is 9.47 Å². The molecule has 0 aliphatic carbocycles. The summed E-state index contributed by atoms with van der Waals surface area (Å²) in [6.45, 7) is 2.86. The van der Waals surface area contributed by atoms with Crippen molar-refractivity contribution >= 4 is 39.7 Å². The number of para-hydroxylation sites is 2. The number of anilines is 2. The number of benzene rings is 2. The van der Waals surface area contributed by atoms with E-state index in [2.05, 4.69) is 4.98 Å². The van der Waals surface area contributed by atoms with Crippen LogP contribution in [-0.4, -0.2) is 28.9 Å². The van der Waals surface area contributed by atoms with Gasteiger partial charge in [-0.1, -0.05) is 12.1 Å². The molecule has 3 aromatic rings. The lowest BCUT2D eigenvalue weighted by molar-refractivity contribution is -0.385. The third-order valence-corrected chi connectivity index (χ3v) is 5.23. The minimum Gasteiger partial charge on any atom is -0.495 e. The number of nitrogens with zero attached hydrogens (tertiary/aromatic N) is 3. The van der Waals surface area contributed by atoms with E-state index in [4.69, 9.17) is 9.47 Å². The van der Waals surface area contributed by atoms with Crippen LogP contribution in [0.25, 0.3) is 0 Å². The molecular formula is C21H19N3O6S. The van der Waals surface area contributed by atoms with Crippen LogP contribution in [0.5, 0.6) is 5.75 Å². The Labute approximate surface area is 182 Å². The molecule has 0 atom stereocenters. The number of carbonyl (C=O) groups excluding carboxylic acids is 2. The number of hydrogen-bond donors (Lipinski definition) is 0. The van der Waals surface area contributed by atoms with Crippen molar-refractivity contribution in [2.75, 3.05) is 12.0 Å². The van der Waals surface area contributed by atoms with Gasteiger partial charge >= 0.3 is 5.97 Å². The average Bonchev–Trinajstić information content (AvgIpc) is 3.20. The molecule has 0 saturated heterocycles. The van der Waals surface area contributed by atoms with Gasteiger partial charge in [0.25, 0.3) is 5.69 Å². The maximum Gasteiger partial charge on any atom is 0.338 e. The molecule has 9 nitrogen and oxygen atoms in total. The van der Waals surface area contributed by atoms with E-state index >= 15 is 0 Å². The number of nitro benzene ring substituents is 1. The summed E-state index contributed by atoms with van der Waals surface area (Å²) in [4.78, 5) is 40.8. The van der Waals surface area contributed by atoms with Crippen molar-refractivity contribution in [1.82, 2.24) is 4.98 Å². The van der Waals surface area contributed by atoms with Gasteiger partial charge in [0.05, 0.1) is 29.0 Å². The summed E-state index contributed by atoms with van der Waals surface area (Å²) >= 11 is 1.23. The monoisotopic (exact) mass is 441 g/mol.